The van der Waals surface area contributed by atoms with Crippen molar-refractivity contribution in [2.75, 3.05) is 7.11 Å². The van der Waals surface area contributed by atoms with Crippen molar-refractivity contribution in [3.05, 3.63) is 57.5 Å². The summed E-state index contributed by atoms with van der Waals surface area (Å²) >= 11 is 5.84. The molecular formula is C13H13ClN2O3. The van der Waals surface area contributed by atoms with Crippen molar-refractivity contribution in [2.45, 2.75) is 13.3 Å². The van der Waals surface area contributed by atoms with Crippen LogP contribution in [0, 0.1) is 0 Å². The fraction of sp³-hybridized carbons (Fsp3) is 0.231. The molecule has 6 heteroatoms. The Balaban J connectivity index is 2.01. The zero-order valence-electron chi connectivity index (χ0n) is 10.4. The summed E-state index contributed by atoms with van der Waals surface area (Å²) < 4.78 is 11.5. The van der Waals surface area contributed by atoms with Gasteiger partial charge in [0.15, 0.2) is 10.8 Å². The maximum Gasteiger partial charge on any atom is 0.291 e. The third-order valence-electron chi connectivity index (χ3n) is 2.50. The summed E-state index contributed by atoms with van der Waals surface area (Å²) in [5.41, 5.74) is 0.587. The molecule has 100 valence electrons. The molecule has 19 heavy (non-hydrogen) atoms. The molecular weight excluding hydrogens is 268 g/mol. The number of rotatable bonds is 5. The van der Waals surface area contributed by atoms with Crippen LogP contribution in [0.1, 0.15) is 5.56 Å². The molecule has 1 aromatic heterocycles. The smallest absolute Gasteiger partial charge is 0.291 e. The van der Waals surface area contributed by atoms with Crippen LogP contribution in [0.5, 0.6) is 5.75 Å². The lowest BCUT2D eigenvalue weighted by Gasteiger charge is -2.08. The molecule has 0 aliphatic carbocycles. The minimum atomic E-state index is -0.436. The molecule has 0 aliphatic heterocycles. The third kappa shape index (κ3) is 3.33. The van der Waals surface area contributed by atoms with Gasteiger partial charge in [-0.1, -0.05) is 41.9 Å². The van der Waals surface area contributed by atoms with Gasteiger partial charge in [0.2, 0.25) is 0 Å². The number of methoxy groups -OCH3 is 1. The fourth-order valence-electron chi connectivity index (χ4n) is 1.51. The topological polar surface area (TPSA) is 53.4 Å². The van der Waals surface area contributed by atoms with Crippen LogP contribution in [0.4, 0.5) is 0 Å². The largest absolute Gasteiger partial charge is 0.493 e. The third-order valence-corrected chi connectivity index (χ3v) is 2.85. The molecule has 0 amide bonds. The van der Waals surface area contributed by atoms with Crippen molar-refractivity contribution < 1.29 is 9.47 Å². The van der Waals surface area contributed by atoms with Crippen LogP contribution in [-0.4, -0.2) is 16.9 Å². The van der Waals surface area contributed by atoms with Crippen LogP contribution in [0.15, 0.2) is 41.3 Å². The molecule has 0 N–H and O–H groups in total. The molecule has 2 rings (SSSR count). The molecule has 0 atom stereocenters. The van der Waals surface area contributed by atoms with Gasteiger partial charge in [0.05, 0.1) is 19.9 Å². The van der Waals surface area contributed by atoms with Gasteiger partial charge >= 0.3 is 0 Å². The molecule has 0 spiro atoms. The highest BCUT2D eigenvalue weighted by molar-refractivity contribution is 6.31. The van der Waals surface area contributed by atoms with Crippen molar-refractivity contribution in [1.82, 2.24) is 9.78 Å². The number of aromatic nitrogens is 2. The van der Waals surface area contributed by atoms with E-state index in [1.807, 2.05) is 30.3 Å². The van der Waals surface area contributed by atoms with Crippen LogP contribution in [0.2, 0.25) is 5.02 Å². The second-order valence-corrected chi connectivity index (χ2v) is 4.17. The molecule has 1 aromatic carbocycles. The van der Waals surface area contributed by atoms with Crippen molar-refractivity contribution in [2.24, 2.45) is 0 Å². The van der Waals surface area contributed by atoms with Gasteiger partial charge in [-0.05, 0) is 5.56 Å². The standard InChI is InChI=1S/C13H13ClN2O3/c1-18-11-7-15-16(13(17)12(11)14)9-19-8-10-5-3-2-4-6-10/h2-7H,8-9H2,1H3. The quantitative estimate of drug-likeness (QED) is 0.841. The predicted molar refractivity (Wildman–Crippen MR) is 71.3 cm³/mol. The second-order valence-electron chi connectivity index (χ2n) is 3.79. The Morgan fingerprint density at radius 2 is 2.05 bits per heavy atom. The van der Waals surface area contributed by atoms with Crippen molar-refractivity contribution >= 4 is 11.6 Å². The Morgan fingerprint density at radius 1 is 1.32 bits per heavy atom. The van der Waals surface area contributed by atoms with Crippen LogP contribution < -0.4 is 10.3 Å². The van der Waals surface area contributed by atoms with Gasteiger partial charge in [0.1, 0.15) is 6.73 Å². The molecule has 2 aromatic rings. The molecule has 0 unspecified atom stereocenters. The minimum absolute atomic E-state index is 0.000751. The van der Waals surface area contributed by atoms with Gasteiger partial charge in [0, 0.05) is 0 Å². The highest BCUT2D eigenvalue weighted by Crippen LogP contribution is 2.16. The fourth-order valence-corrected chi connectivity index (χ4v) is 1.73. The second kappa shape index (κ2) is 6.36. The summed E-state index contributed by atoms with van der Waals surface area (Å²) in [5.74, 6) is 0.256. The average molecular weight is 281 g/mol. The first-order chi connectivity index (χ1) is 9.22. The molecule has 5 nitrogen and oxygen atoms in total. The van der Waals surface area contributed by atoms with Crippen molar-refractivity contribution in [3.8, 4) is 5.75 Å². The normalized spacial score (nSPS) is 10.4. The van der Waals surface area contributed by atoms with Gasteiger partial charge in [0.25, 0.3) is 5.56 Å². The van der Waals surface area contributed by atoms with Crippen LogP contribution in [0.25, 0.3) is 0 Å². The lowest BCUT2D eigenvalue weighted by Crippen LogP contribution is -2.24. The molecule has 1 heterocycles. The zero-order valence-corrected chi connectivity index (χ0v) is 11.1. The summed E-state index contributed by atoms with van der Waals surface area (Å²) in [6.07, 6.45) is 1.38. The highest BCUT2D eigenvalue weighted by atomic mass is 35.5. The Kier molecular flexibility index (Phi) is 4.54. The van der Waals surface area contributed by atoms with E-state index in [0.717, 1.165) is 10.2 Å². The van der Waals surface area contributed by atoms with Crippen molar-refractivity contribution in [1.29, 1.82) is 0 Å². The van der Waals surface area contributed by atoms with E-state index in [9.17, 15) is 4.79 Å². The maximum atomic E-state index is 11.8. The molecule has 0 aliphatic rings. The summed E-state index contributed by atoms with van der Waals surface area (Å²) in [4.78, 5) is 11.8. The molecule has 0 saturated carbocycles. The van der Waals surface area contributed by atoms with E-state index in [4.69, 9.17) is 21.1 Å². The lowest BCUT2D eigenvalue weighted by atomic mass is 10.2. The summed E-state index contributed by atoms with van der Waals surface area (Å²) in [6, 6.07) is 9.66. The number of nitrogens with zero attached hydrogens (tertiary/aromatic N) is 2. The lowest BCUT2D eigenvalue weighted by molar-refractivity contribution is 0.0526. The monoisotopic (exact) mass is 280 g/mol. The van der Waals surface area contributed by atoms with Gasteiger partial charge in [-0.2, -0.15) is 5.10 Å². The first-order valence-corrected chi connectivity index (χ1v) is 6.01. The molecule has 0 radical (unpaired) electrons. The van der Waals surface area contributed by atoms with E-state index < -0.39 is 5.56 Å². The number of ether oxygens (including phenoxy) is 2. The number of hydrogen-bond acceptors (Lipinski definition) is 4. The Morgan fingerprint density at radius 3 is 2.74 bits per heavy atom. The molecule has 0 saturated heterocycles. The van der Waals surface area contributed by atoms with Gasteiger partial charge in [-0.15, -0.1) is 0 Å². The van der Waals surface area contributed by atoms with E-state index in [-0.39, 0.29) is 17.5 Å². The van der Waals surface area contributed by atoms with Crippen LogP contribution >= 0.6 is 11.6 Å². The summed E-state index contributed by atoms with van der Waals surface area (Å²) in [6.45, 7) is 0.441. The zero-order chi connectivity index (χ0) is 13.7. The summed E-state index contributed by atoms with van der Waals surface area (Å²) in [7, 11) is 1.43. The average Bonchev–Trinajstić information content (AvgIpc) is 2.45. The van der Waals surface area contributed by atoms with Crippen LogP contribution in [0.3, 0.4) is 0 Å². The van der Waals surface area contributed by atoms with Gasteiger partial charge < -0.3 is 9.47 Å². The summed E-state index contributed by atoms with van der Waals surface area (Å²) in [5, 5.41) is 3.91. The highest BCUT2D eigenvalue weighted by Gasteiger charge is 2.09. The van der Waals surface area contributed by atoms with Gasteiger partial charge in [-0.3, -0.25) is 4.79 Å². The number of hydrogen-bond donors (Lipinski definition) is 0. The van der Waals surface area contributed by atoms with Gasteiger partial charge in [-0.25, -0.2) is 4.68 Å². The van der Waals surface area contributed by atoms with Crippen LogP contribution in [-0.2, 0) is 18.1 Å². The van der Waals surface area contributed by atoms with E-state index >= 15 is 0 Å². The van der Waals surface area contributed by atoms with E-state index in [0.29, 0.717) is 6.61 Å². The first kappa shape index (κ1) is 13.6. The first-order valence-electron chi connectivity index (χ1n) is 5.63. The molecule has 0 bridgehead atoms. The van der Waals surface area contributed by atoms with Crippen molar-refractivity contribution in [3.63, 3.8) is 0 Å². The van der Waals surface area contributed by atoms with E-state index in [1.165, 1.54) is 13.3 Å². The minimum Gasteiger partial charge on any atom is -0.493 e. The predicted octanol–water partition coefficient (Wildman–Crippen LogP) is 2.08. The Labute approximate surface area is 115 Å². The number of halogens is 1. The maximum absolute atomic E-state index is 11.8. The van der Waals surface area contributed by atoms with E-state index in [1.54, 1.807) is 0 Å². The van der Waals surface area contributed by atoms with E-state index in [2.05, 4.69) is 5.10 Å². The SMILES string of the molecule is COc1cnn(COCc2ccccc2)c(=O)c1Cl. The Hall–Kier alpha value is -1.85. The Bertz CT molecular complexity index is 599. The molecule has 0 fully saturated rings. The number of benzene rings is 1.